The van der Waals surface area contributed by atoms with Crippen LogP contribution in [0.25, 0.3) is 0 Å². The number of hydrogen-bond acceptors (Lipinski definition) is 5. The molecule has 0 aromatic heterocycles. The van der Waals surface area contributed by atoms with Crippen LogP contribution in [0.3, 0.4) is 0 Å². The van der Waals surface area contributed by atoms with Gasteiger partial charge < -0.3 is 15.2 Å². The lowest BCUT2D eigenvalue weighted by atomic mass is 10.2. The van der Waals surface area contributed by atoms with E-state index in [4.69, 9.17) is 4.74 Å². The Kier molecular flexibility index (Phi) is 8.22. The van der Waals surface area contributed by atoms with Gasteiger partial charge in [0.25, 0.3) is 0 Å². The SMILES string of the molecule is CCC(CSC)NCC(O)CN1CCOCC1. The molecule has 0 aromatic carbocycles. The first kappa shape index (κ1) is 15.2. The van der Waals surface area contributed by atoms with Crippen molar-refractivity contribution in [1.29, 1.82) is 0 Å². The van der Waals surface area contributed by atoms with E-state index in [1.165, 1.54) is 0 Å². The Morgan fingerprint density at radius 1 is 1.41 bits per heavy atom. The van der Waals surface area contributed by atoms with Crippen LogP contribution >= 0.6 is 11.8 Å². The van der Waals surface area contributed by atoms with Crippen molar-refractivity contribution in [2.45, 2.75) is 25.5 Å². The summed E-state index contributed by atoms with van der Waals surface area (Å²) in [6.07, 6.45) is 2.96. The molecule has 0 aromatic rings. The van der Waals surface area contributed by atoms with Crippen molar-refractivity contribution >= 4 is 11.8 Å². The third-order valence-electron chi connectivity index (χ3n) is 3.08. The first-order valence-electron chi connectivity index (χ1n) is 6.46. The molecule has 0 aliphatic carbocycles. The standard InChI is InChI=1S/C12H26N2O2S/c1-3-11(10-17-2)13-8-12(15)9-14-4-6-16-7-5-14/h11-13,15H,3-10H2,1-2H3. The number of aliphatic hydroxyl groups is 1. The van der Waals surface area contributed by atoms with Crippen molar-refractivity contribution in [2.75, 3.05) is 51.4 Å². The van der Waals surface area contributed by atoms with Crippen LogP contribution in [-0.4, -0.2) is 73.6 Å². The van der Waals surface area contributed by atoms with Crippen LogP contribution < -0.4 is 5.32 Å². The summed E-state index contributed by atoms with van der Waals surface area (Å²) in [5.74, 6) is 1.11. The van der Waals surface area contributed by atoms with Gasteiger partial charge in [0.1, 0.15) is 0 Å². The molecule has 1 aliphatic rings. The summed E-state index contributed by atoms with van der Waals surface area (Å²) >= 11 is 1.85. The zero-order chi connectivity index (χ0) is 12.5. The van der Waals surface area contributed by atoms with Crippen LogP contribution in [0.1, 0.15) is 13.3 Å². The molecule has 1 heterocycles. The highest BCUT2D eigenvalue weighted by molar-refractivity contribution is 7.98. The summed E-state index contributed by atoms with van der Waals surface area (Å²) in [6, 6.07) is 0.518. The number of β-amino-alcohol motifs (C(OH)–C–C–N with tert-alkyl or cyclic N) is 1. The monoisotopic (exact) mass is 262 g/mol. The van der Waals surface area contributed by atoms with Crippen molar-refractivity contribution < 1.29 is 9.84 Å². The number of thioether (sulfide) groups is 1. The van der Waals surface area contributed by atoms with Crippen molar-refractivity contribution in [3.8, 4) is 0 Å². The first-order valence-corrected chi connectivity index (χ1v) is 7.86. The van der Waals surface area contributed by atoms with Crippen LogP contribution in [0.15, 0.2) is 0 Å². The summed E-state index contributed by atoms with van der Waals surface area (Å²) in [5.41, 5.74) is 0. The molecule has 102 valence electrons. The summed E-state index contributed by atoms with van der Waals surface area (Å²) < 4.78 is 5.29. The summed E-state index contributed by atoms with van der Waals surface area (Å²) in [6.45, 7) is 7.11. The molecule has 4 nitrogen and oxygen atoms in total. The number of nitrogens with one attached hydrogen (secondary N) is 1. The molecule has 0 amide bonds. The Morgan fingerprint density at radius 3 is 2.71 bits per heavy atom. The topological polar surface area (TPSA) is 44.7 Å². The number of ether oxygens (including phenoxy) is 1. The molecule has 0 saturated carbocycles. The molecule has 1 saturated heterocycles. The van der Waals surface area contributed by atoms with Gasteiger partial charge in [-0.05, 0) is 12.7 Å². The molecule has 0 bridgehead atoms. The maximum atomic E-state index is 9.96. The van der Waals surface area contributed by atoms with Crippen molar-refractivity contribution in [2.24, 2.45) is 0 Å². The molecular formula is C12H26N2O2S. The van der Waals surface area contributed by atoms with E-state index in [1.54, 1.807) is 0 Å². The minimum absolute atomic E-state index is 0.274. The van der Waals surface area contributed by atoms with E-state index in [9.17, 15) is 5.11 Å². The van der Waals surface area contributed by atoms with Crippen LogP contribution in [0.5, 0.6) is 0 Å². The van der Waals surface area contributed by atoms with E-state index in [-0.39, 0.29) is 6.10 Å². The van der Waals surface area contributed by atoms with Gasteiger partial charge in [-0.15, -0.1) is 0 Å². The maximum Gasteiger partial charge on any atom is 0.0791 e. The minimum Gasteiger partial charge on any atom is -0.390 e. The van der Waals surface area contributed by atoms with E-state index in [2.05, 4.69) is 23.4 Å². The quantitative estimate of drug-likeness (QED) is 0.663. The smallest absolute Gasteiger partial charge is 0.0791 e. The fourth-order valence-electron chi connectivity index (χ4n) is 1.97. The van der Waals surface area contributed by atoms with E-state index in [1.807, 2.05) is 11.8 Å². The van der Waals surface area contributed by atoms with E-state index < -0.39 is 0 Å². The predicted octanol–water partition coefficient (Wildman–Crippen LogP) is 0.411. The summed E-state index contributed by atoms with van der Waals surface area (Å²) in [5, 5.41) is 13.4. The van der Waals surface area contributed by atoms with Crippen LogP contribution in [-0.2, 0) is 4.74 Å². The Bertz CT molecular complexity index is 189. The minimum atomic E-state index is -0.274. The third kappa shape index (κ3) is 6.62. The van der Waals surface area contributed by atoms with Crippen molar-refractivity contribution in [1.82, 2.24) is 10.2 Å². The highest BCUT2D eigenvalue weighted by Gasteiger charge is 2.15. The van der Waals surface area contributed by atoms with E-state index >= 15 is 0 Å². The first-order chi connectivity index (χ1) is 8.26. The molecule has 0 radical (unpaired) electrons. The van der Waals surface area contributed by atoms with E-state index in [0.717, 1.165) is 45.0 Å². The van der Waals surface area contributed by atoms with Gasteiger partial charge in [-0.2, -0.15) is 11.8 Å². The maximum absolute atomic E-state index is 9.96. The number of hydrogen-bond donors (Lipinski definition) is 2. The molecule has 2 N–H and O–H groups in total. The van der Waals surface area contributed by atoms with Gasteiger partial charge in [-0.1, -0.05) is 6.92 Å². The van der Waals surface area contributed by atoms with Crippen LogP contribution in [0, 0.1) is 0 Å². The van der Waals surface area contributed by atoms with Gasteiger partial charge in [-0.3, -0.25) is 4.90 Å². The molecule has 1 rings (SSSR count). The lowest BCUT2D eigenvalue weighted by Gasteiger charge is -2.29. The lowest BCUT2D eigenvalue weighted by molar-refractivity contribution is 0.0145. The summed E-state index contributed by atoms with van der Waals surface area (Å²) in [4.78, 5) is 2.27. The second-order valence-electron chi connectivity index (χ2n) is 4.54. The zero-order valence-electron chi connectivity index (χ0n) is 11.0. The number of rotatable bonds is 8. The Morgan fingerprint density at radius 2 is 2.12 bits per heavy atom. The fourth-order valence-corrected chi connectivity index (χ4v) is 2.73. The largest absolute Gasteiger partial charge is 0.390 e. The summed E-state index contributed by atoms with van der Waals surface area (Å²) in [7, 11) is 0. The number of nitrogens with zero attached hydrogens (tertiary/aromatic N) is 1. The van der Waals surface area contributed by atoms with Crippen LogP contribution in [0.4, 0.5) is 0 Å². The second kappa shape index (κ2) is 9.16. The normalized spacial score (nSPS) is 21.4. The lowest BCUT2D eigenvalue weighted by Crippen LogP contribution is -2.45. The predicted molar refractivity (Wildman–Crippen MR) is 73.7 cm³/mol. The molecular weight excluding hydrogens is 236 g/mol. The van der Waals surface area contributed by atoms with Gasteiger partial charge in [0.15, 0.2) is 0 Å². The molecule has 5 heteroatoms. The Labute approximate surface area is 109 Å². The van der Waals surface area contributed by atoms with Crippen LogP contribution in [0.2, 0.25) is 0 Å². The average molecular weight is 262 g/mol. The van der Waals surface area contributed by atoms with Gasteiger partial charge in [0.2, 0.25) is 0 Å². The highest BCUT2D eigenvalue weighted by Crippen LogP contribution is 2.02. The molecule has 1 fully saturated rings. The number of morpholine rings is 1. The Hall–Kier alpha value is 0.190. The average Bonchev–Trinajstić information content (AvgIpc) is 2.35. The Balaban J connectivity index is 2.12. The van der Waals surface area contributed by atoms with Gasteiger partial charge in [-0.25, -0.2) is 0 Å². The van der Waals surface area contributed by atoms with Gasteiger partial charge in [0.05, 0.1) is 19.3 Å². The molecule has 2 unspecified atom stereocenters. The van der Waals surface area contributed by atoms with Crippen molar-refractivity contribution in [3.63, 3.8) is 0 Å². The molecule has 17 heavy (non-hydrogen) atoms. The molecule has 0 spiro atoms. The van der Waals surface area contributed by atoms with Gasteiger partial charge in [0, 0.05) is 38.0 Å². The van der Waals surface area contributed by atoms with Crippen molar-refractivity contribution in [3.05, 3.63) is 0 Å². The third-order valence-corrected chi connectivity index (χ3v) is 3.81. The fraction of sp³-hybridized carbons (Fsp3) is 1.00. The highest BCUT2D eigenvalue weighted by atomic mass is 32.2. The molecule has 1 aliphatic heterocycles. The van der Waals surface area contributed by atoms with E-state index in [0.29, 0.717) is 12.6 Å². The second-order valence-corrected chi connectivity index (χ2v) is 5.45. The molecule has 2 atom stereocenters. The number of aliphatic hydroxyl groups excluding tert-OH is 1. The van der Waals surface area contributed by atoms with Gasteiger partial charge >= 0.3 is 0 Å². The zero-order valence-corrected chi connectivity index (χ0v) is 11.8.